The third-order valence-electron chi connectivity index (χ3n) is 7.43. The number of piperazine rings is 1. The topological polar surface area (TPSA) is 59.1 Å². The van der Waals surface area contributed by atoms with Crippen LogP contribution in [0, 0.1) is 10.8 Å². The van der Waals surface area contributed by atoms with Crippen LogP contribution in [0.15, 0.2) is 24.3 Å². The molecule has 27 heavy (non-hydrogen) atoms. The molecular weight excluding hydrogens is 344 g/mol. The van der Waals surface area contributed by atoms with Gasteiger partial charge in [-0.2, -0.15) is 0 Å². The van der Waals surface area contributed by atoms with E-state index in [0.29, 0.717) is 19.5 Å². The van der Waals surface area contributed by atoms with Crippen LogP contribution < -0.4 is 9.64 Å². The second-order valence-corrected chi connectivity index (χ2v) is 8.65. The van der Waals surface area contributed by atoms with Gasteiger partial charge in [-0.15, -0.1) is 0 Å². The molecule has 2 unspecified atom stereocenters. The SMILES string of the molecule is COc1ccc(N2CCN(C(=O)C34CCC(C)(C(=O)O3)C4(C)C)CC2)cc1. The van der Waals surface area contributed by atoms with Crippen LogP contribution in [0.1, 0.15) is 33.6 Å². The highest BCUT2D eigenvalue weighted by Gasteiger charge is 2.76. The van der Waals surface area contributed by atoms with E-state index in [4.69, 9.17) is 9.47 Å². The first-order valence-electron chi connectivity index (χ1n) is 9.67. The van der Waals surface area contributed by atoms with Crippen LogP contribution in [0.2, 0.25) is 0 Å². The Balaban J connectivity index is 1.47. The fourth-order valence-corrected chi connectivity index (χ4v) is 4.94. The standard InChI is InChI=1S/C21H28N2O4/c1-19(2)20(3)9-10-21(19,27-18(20)25)17(24)23-13-11-22(12-14-23)15-5-7-16(26-4)8-6-15/h5-8H,9-14H2,1-4H3. The first-order valence-corrected chi connectivity index (χ1v) is 9.67. The van der Waals surface area contributed by atoms with Crippen LogP contribution in [0.3, 0.4) is 0 Å². The molecule has 2 atom stereocenters. The number of carbonyl (C=O) groups excluding carboxylic acids is 2. The number of rotatable bonds is 3. The van der Waals surface area contributed by atoms with E-state index >= 15 is 0 Å². The second kappa shape index (κ2) is 5.88. The lowest BCUT2D eigenvalue weighted by atomic mass is 9.66. The number of fused-ring (bicyclic) bond motifs is 2. The van der Waals surface area contributed by atoms with Crippen molar-refractivity contribution in [3.05, 3.63) is 24.3 Å². The maximum absolute atomic E-state index is 13.4. The maximum Gasteiger partial charge on any atom is 0.313 e. The number of hydrogen-bond donors (Lipinski definition) is 0. The zero-order valence-electron chi connectivity index (χ0n) is 16.6. The van der Waals surface area contributed by atoms with Gasteiger partial charge in [0.1, 0.15) is 5.75 Å². The van der Waals surface area contributed by atoms with Gasteiger partial charge in [-0.3, -0.25) is 9.59 Å². The summed E-state index contributed by atoms with van der Waals surface area (Å²) in [6.07, 6.45) is 1.34. The monoisotopic (exact) mass is 372 g/mol. The maximum atomic E-state index is 13.4. The van der Waals surface area contributed by atoms with Crippen molar-refractivity contribution in [3.63, 3.8) is 0 Å². The molecule has 2 saturated heterocycles. The smallest absolute Gasteiger partial charge is 0.313 e. The molecule has 6 heteroatoms. The number of hydrogen-bond acceptors (Lipinski definition) is 5. The highest BCUT2D eigenvalue weighted by Crippen LogP contribution is 2.65. The van der Waals surface area contributed by atoms with Crippen LogP contribution in [0.5, 0.6) is 5.75 Å². The second-order valence-electron chi connectivity index (χ2n) is 8.65. The molecule has 1 aromatic rings. The minimum absolute atomic E-state index is 0.0172. The van der Waals surface area contributed by atoms with E-state index in [1.807, 2.05) is 49.9 Å². The summed E-state index contributed by atoms with van der Waals surface area (Å²) in [5, 5.41) is 0. The van der Waals surface area contributed by atoms with Crippen LogP contribution in [-0.4, -0.2) is 55.7 Å². The predicted molar refractivity (Wildman–Crippen MR) is 102 cm³/mol. The first-order chi connectivity index (χ1) is 12.7. The number of benzene rings is 1. The van der Waals surface area contributed by atoms with Gasteiger partial charge in [0, 0.05) is 37.3 Å². The van der Waals surface area contributed by atoms with Gasteiger partial charge in [-0.25, -0.2) is 0 Å². The summed E-state index contributed by atoms with van der Waals surface area (Å²) in [5.74, 6) is 0.599. The molecule has 3 fully saturated rings. The number of esters is 1. The Morgan fingerprint density at radius 2 is 1.67 bits per heavy atom. The van der Waals surface area contributed by atoms with Crippen molar-refractivity contribution in [1.82, 2.24) is 4.90 Å². The summed E-state index contributed by atoms with van der Waals surface area (Å²) in [7, 11) is 1.66. The number of amides is 1. The molecule has 3 aliphatic rings. The predicted octanol–water partition coefficient (Wildman–Crippen LogP) is 2.47. The lowest BCUT2D eigenvalue weighted by molar-refractivity contribution is -0.174. The quantitative estimate of drug-likeness (QED) is 0.763. The molecule has 1 amide bonds. The molecule has 0 radical (unpaired) electrons. The molecule has 1 aromatic carbocycles. The minimum Gasteiger partial charge on any atom is -0.497 e. The summed E-state index contributed by atoms with van der Waals surface area (Å²) in [6.45, 7) is 8.76. The van der Waals surface area contributed by atoms with E-state index in [2.05, 4.69) is 4.90 Å². The fraction of sp³-hybridized carbons (Fsp3) is 0.619. The molecule has 4 rings (SSSR count). The number of ether oxygens (including phenoxy) is 2. The molecule has 6 nitrogen and oxygen atoms in total. The lowest BCUT2D eigenvalue weighted by Crippen LogP contribution is -2.59. The molecule has 146 valence electrons. The van der Waals surface area contributed by atoms with Gasteiger partial charge < -0.3 is 19.3 Å². The summed E-state index contributed by atoms with van der Waals surface area (Å²) >= 11 is 0. The van der Waals surface area contributed by atoms with Gasteiger partial charge in [-0.05, 0) is 44.0 Å². The van der Waals surface area contributed by atoms with Crippen LogP contribution in [-0.2, 0) is 14.3 Å². The summed E-state index contributed by atoms with van der Waals surface area (Å²) in [4.78, 5) is 30.0. The average Bonchev–Trinajstić information content (AvgIpc) is 2.98. The summed E-state index contributed by atoms with van der Waals surface area (Å²) in [5.41, 5.74) is -0.919. The highest BCUT2D eigenvalue weighted by atomic mass is 16.6. The van der Waals surface area contributed by atoms with Crippen molar-refractivity contribution in [2.45, 2.75) is 39.2 Å². The van der Waals surface area contributed by atoms with Crippen molar-refractivity contribution in [1.29, 1.82) is 0 Å². The van der Waals surface area contributed by atoms with Crippen molar-refractivity contribution < 1.29 is 19.1 Å². The van der Waals surface area contributed by atoms with E-state index in [1.165, 1.54) is 0 Å². The molecular formula is C21H28N2O4. The van der Waals surface area contributed by atoms with Gasteiger partial charge in [-0.1, -0.05) is 13.8 Å². The molecule has 1 aliphatic carbocycles. The van der Waals surface area contributed by atoms with Crippen molar-refractivity contribution in [3.8, 4) is 5.75 Å². The lowest BCUT2D eigenvalue weighted by Gasteiger charge is -2.42. The fourth-order valence-electron chi connectivity index (χ4n) is 4.94. The molecule has 2 aliphatic heterocycles. The number of nitrogens with zero attached hydrogens (tertiary/aromatic N) is 2. The van der Waals surface area contributed by atoms with E-state index in [9.17, 15) is 9.59 Å². The number of carbonyl (C=O) groups is 2. The zero-order chi connectivity index (χ0) is 19.4. The summed E-state index contributed by atoms with van der Waals surface area (Å²) in [6, 6.07) is 7.98. The van der Waals surface area contributed by atoms with Crippen LogP contribution in [0.25, 0.3) is 0 Å². The normalized spacial score (nSPS) is 31.8. The molecule has 0 aromatic heterocycles. The van der Waals surface area contributed by atoms with Crippen molar-refractivity contribution >= 4 is 17.6 Å². The third-order valence-corrected chi connectivity index (χ3v) is 7.43. The Kier molecular flexibility index (Phi) is 3.95. The van der Waals surface area contributed by atoms with Gasteiger partial charge in [0.05, 0.1) is 12.5 Å². The zero-order valence-corrected chi connectivity index (χ0v) is 16.6. The number of methoxy groups -OCH3 is 1. The van der Waals surface area contributed by atoms with Crippen molar-refractivity contribution in [2.24, 2.45) is 10.8 Å². The van der Waals surface area contributed by atoms with E-state index in [1.54, 1.807) is 7.11 Å². The molecule has 2 bridgehead atoms. The largest absolute Gasteiger partial charge is 0.497 e. The Labute approximate surface area is 160 Å². The van der Waals surface area contributed by atoms with Crippen molar-refractivity contribution in [2.75, 3.05) is 38.2 Å². The Morgan fingerprint density at radius 3 is 2.15 bits per heavy atom. The Hall–Kier alpha value is -2.24. The molecule has 0 spiro atoms. The Morgan fingerprint density at radius 1 is 1.04 bits per heavy atom. The first kappa shape index (κ1) is 18.1. The number of anilines is 1. The average molecular weight is 372 g/mol. The molecule has 0 N–H and O–H groups in total. The van der Waals surface area contributed by atoms with E-state index in [-0.39, 0.29) is 11.9 Å². The van der Waals surface area contributed by atoms with Crippen LogP contribution in [0.4, 0.5) is 5.69 Å². The van der Waals surface area contributed by atoms with Gasteiger partial charge >= 0.3 is 5.97 Å². The third kappa shape index (κ3) is 2.31. The van der Waals surface area contributed by atoms with E-state index < -0.39 is 16.4 Å². The minimum atomic E-state index is -0.999. The van der Waals surface area contributed by atoms with Gasteiger partial charge in [0.15, 0.2) is 5.60 Å². The van der Waals surface area contributed by atoms with Gasteiger partial charge in [0.2, 0.25) is 0 Å². The van der Waals surface area contributed by atoms with Gasteiger partial charge in [0.25, 0.3) is 5.91 Å². The summed E-state index contributed by atoms with van der Waals surface area (Å²) < 4.78 is 11.0. The molecule has 2 heterocycles. The highest BCUT2D eigenvalue weighted by molar-refractivity contribution is 5.96. The van der Waals surface area contributed by atoms with E-state index in [0.717, 1.165) is 30.9 Å². The molecule has 1 saturated carbocycles. The van der Waals surface area contributed by atoms with Crippen LogP contribution >= 0.6 is 0 Å². The Bertz CT molecular complexity index is 767.